The van der Waals surface area contributed by atoms with E-state index in [9.17, 15) is 4.79 Å². The van der Waals surface area contributed by atoms with Crippen LogP contribution in [0.1, 0.15) is 24.2 Å². The molecule has 1 aromatic heterocycles. The molecule has 7 heteroatoms. The number of hydrogen-bond donors (Lipinski definition) is 1. The van der Waals surface area contributed by atoms with Crippen LogP contribution in [0.2, 0.25) is 5.02 Å². The second-order valence-corrected chi connectivity index (χ2v) is 7.53. The standard InChI is InChI=1S/C18H22ClN3O2S/c1-12-13(2)22(10-16-4-3-9-24-16)18(20-12)25-11-17(23)21-15-7-5-14(19)6-8-15/h5-8,16H,3-4,9-11H2,1-2H3,(H,21,23)/t16-/m1/s1. The van der Waals surface area contributed by atoms with Crippen molar-refractivity contribution in [2.24, 2.45) is 0 Å². The highest BCUT2D eigenvalue weighted by atomic mass is 35.5. The quantitative estimate of drug-likeness (QED) is 0.769. The molecule has 1 N–H and O–H groups in total. The first-order chi connectivity index (χ1) is 12.0. The Morgan fingerprint density at radius 3 is 2.84 bits per heavy atom. The summed E-state index contributed by atoms with van der Waals surface area (Å²) in [6, 6.07) is 7.09. The van der Waals surface area contributed by atoms with Gasteiger partial charge in [0.25, 0.3) is 0 Å². The number of benzene rings is 1. The van der Waals surface area contributed by atoms with E-state index in [1.54, 1.807) is 24.3 Å². The number of nitrogens with zero attached hydrogens (tertiary/aromatic N) is 2. The molecule has 5 nitrogen and oxygen atoms in total. The fourth-order valence-electron chi connectivity index (χ4n) is 2.80. The highest BCUT2D eigenvalue weighted by Gasteiger charge is 2.20. The Labute approximate surface area is 157 Å². The first kappa shape index (κ1) is 18.3. The van der Waals surface area contributed by atoms with Crippen LogP contribution in [0, 0.1) is 13.8 Å². The van der Waals surface area contributed by atoms with Crippen LogP contribution in [-0.2, 0) is 16.1 Å². The highest BCUT2D eigenvalue weighted by Crippen LogP contribution is 2.24. The molecule has 1 aliphatic heterocycles. The smallest absolute Gasteiger partial charge is 0.234 e. The number of imidazole rings is 1. The average molecular weight is 380 g/mol. The normalized spacial score (nSPS) is 17.0. The zero-order chi connectivity index (χ0) is 17.8. The van der Waals surface area contributed by atoms with Crippen molar-refractivity contribution in [3.63, 3.8) is 0 Å². The van der Waals surface area contributed by atoms with Crippen LogP contribution in [0.5, 0.6) is 0 Å². The zero-order valence-electron chi connectivity index (χ0n) is 14.4. The number of anilines is 1. The number of nitrogens with one attached hydrogen (secondary N) is 1. The van der Waals surface area contributed by atoms with Crippen molar-refractivity contribution in [2.75, 3.05) is 17.7 Å². The Hall–Kier alpha value is -1.50. The van der Waals surface area contributed by atoms with Crippen molar-refractivity contribution >= 4 is 35.0 Å². The van der Waals surface area contributed by atoms with Gasteiger partial charge >= 0.3 is 0 Å². The molecule has 2 heterocycles. The van der Waals surface area contributed by atoms with Gasteiger partial charge in [-0.1, -0.05) is 23.4 Å². The summed E-state index contributed by atoms with van der Waals surface area (Å²) in [4.78, 5) is 16.8. The Bertz CT molecular complexity index is 740. The van der Waals surface area contributed by atoms with Gasteiger partial charge in [0, 0.05) is 23.0 Å². The van der Waals surface area contributed by atoms with Crippen LogP contribution in [0.25, 0.3) is 0 Å². The van der Waals surface area contributed by atoms with Gasteiger partial charge in [0.2, 0.25) is 5.91 Å². The van der Waals surface area contributed by atoms with Gasteiger partial charge in [0.15, 0.2) is 5.16 Å². The van der Waals surface area contributed by atoms with E-state index in [1.165, 1.54) is 11.8 Å². The second-order valence-electron chi connectivity index (χ2n) is 6.15. The number of aryl methyl sites for hydroxylation is 1. The van der Waals surface area contributed by atoms with Crippen LogP contribution in [-0.4, -0.2) is 33.9 Å². The fraction of sp³-hybridized carbons (Fsp3) is 0.444. The van der Waals surface area contributed by atoms with Crippen LogP contribution in [0.4, 0.5) is 5.69 Å². The lowest BCUT2D eigenvalue weighted by atomic mass is 10.2. The molecule has 0 unspecified atom stereocenters. The predicted molar refractivity (Wildman–Crippen MR) is 101 cm³/mol. The molecule has 134 valence electrons. The van der Waals surface area contributed by atoms with E-state index in [0.29, 0.717) is 10.8 Å². The third-order valence-electron chi connectivity index (χ3n) is 4.29. The van der Waals surface area contributed by atoms with Gasteiger partial charge in [0.05, 0.1) is 24.1 Å². The maximum absolute atomic E-state index is 12.2. The number of halogens is 1. The summed E-state index contributed by atoms with van der Waals surface area (Å²) in [5.74, 6) is 0.249. The Morgan fingerprint density at radius 1 is 1.40 bits per heavy atom. The zero-order valence-corrected chi connectivity index (χ0v) is 16.0. The topological polar surface area (TPSA) is 56.2 Å². The molecule has 0 aliphatic carbocycles. The molecule has 1 aliphatic rings. The summed E-state index contributed by atoms with van der Waals surface area (Å²) in [7, 11) is 0. The molecule has 1 saturated heterocycles. The van der Waals surface area contributed by atoms with Crippen molar-refractivity contribution < 1.29 is 9.53 Å². The van der Waals surface area contributed by atoms with Gasteiger partial charge in [-0.05, 0) is 51.0 Å². The van der Waals surface area contributed by atoms with Crippen LogP contribution < -0.4 is 5.32 Å². The number of ether oxygens (including phenoxy) is 1. The number of hydrogen-bond acceptors (Lipinski definition) is 4. The SMILES string of the molecule is Cc1nc(SCC(=O)Nc2ccc(Cl)cc2)n(C[C@H]2CCCO2)c1C. The van der Waals surface area contributed by atoms with E-state index in [0.717, 1.165) is 48.2 Å². The molecule has 3 rings (SSSR count). The summed E-state index contributed by atoms with van der Waals surface area (Å²) in [6.45, 7) is 5.70. The Kier molecular flexibility index (Phi) is 6.04. The molecule has 25 heavy (non-hydrogen) atoms. The molecule has 1 amide bonds. The lowest BCUT2D eigenvalue weighted by Crippen LogP contribution is -2.18. The Balaban J connectivity index is 1.61. The van der Waals surface area contributed by atoms with E-state index in [2.05, 4.69) is 21.8 Å². The molecule has 0 spiro atoms. The molecule has 1 atom stereocenters. The van der Waals surface area contributed by atoms with Gasteiger partial charge in [-0.2, -0.15) is 0 Å². The van der Waals surface area contributed by atoms with Gasteiger partial charge < -0.3 is 14.6 Å². The van der Waals surface area contributed by atoms with E-state index in [4.69, 9.17) is 16.3 Å². The van der Waals surface area contributed by atoms with Crippen molar-refractivity contribution in [2.45, 2.75) is 44.5 Å². The minimum atomic E-state index is -0.0608. The molecule has 0 radical (unpaired) electrons. The number of amides is 1. The number of carbonyl (C=O) groups is 1. The first-order valence-corrected chi connectivity index (χ1v) is 9.73. The maximum Gasteiger partial charge on any atom is 0.234 e. The van der Waals surface area contributed by atoms with Crippen molar-refractivity contribution in [1.29, 1.82) is 0 Å². The summed E-state index contributed by atoms with van der Waals surface area (Å²) >= 11 is 7.31. The largest absolute Gasteiger partial charge is 0.376 e. The number of carbonyl (C=O) groups excluding carboxylic acids is 1. The first-order valence-electron chi connectivity index (χ1n) is 8.36. The second kappa shape index (κ2) is 8.25. The number of thioether (sulfide) groups is 1. The summed E-state index contributed by atoms with van der Waals surface area (Å²) in [5.41, 5.74) is 2.87. The monoisotopic (exact) mass is 379 g/mol. The number of rotatable bonds is 6. The van der Waals surface area contributed by atoms with E-state index in [1.807, 2.05) is 6.92 Å². The predicted octanol–water partition coefficient (Wildman–Crippen LogP) is 4.06. The third-order valence-corrected chi connectivity index (χ3v) is 5.52. The Morgan fingerprint density at radius 2 is 2.16 bits per heavy atom. The molecular weight excluding hydrogens is 358 g/mol. The van der Waals surface area contributed by atoms with E-state index >= 15 is 0 Å². The van der Waals surface area contributed by atoms with Crippen LogP contribution in [0.15, 0.2) is 29.4 Å². The molecule has 1 fully saturated rings. The maximum atomic E-state index is 12.2. The molecule has 0 saturated carbocycles. The molecular formula is C18H22ClN3O2S. The molecule has 0 bridgehead atoms. The van der Waals surface area contributed by atoms with Crippen LogP contribution in [0.3, 0.4) is 0 Å². The lowest BCUT2D eigenvalue weighted by Gasteiger charge is -2.14. The van der Waals surface area contributed by atoms with Gasteiger partial charge in [-0.3, -0.25) is 4.79 Å². The number of aromatic nitrogens is 2. The minimum Gasteiger partial charge on any atom is -0.376 e. The van der Waals surface area contributed by atoms with Crippen LogP contribution >= 0.6 is 23.4 Å². The van der Waals surface area contributed by atoms with Crippen molar-refractivity contribution in [3.05, 3.63) is 40.7 Å². The van der Waals surface area contributed by atoms with Gasteiger partial charge in [0.1, 0.15) is 0 Å². The fourth-order valence-corrected chi connectivity index (χ4v) is 3.83. The third kappa shape index (κ3) is 4.77. The summed E-state index contributed by atoms with van der Waals surface area (Å²) in [6.07, 6.45) is 2.44. The molecule has 2 aromatic rings. The minimum absolute atomic E-state index is 0.0608. The van der Waals surface area contributed by atoms with Gasteiger partial charge in [-0.25, -0.2) is 4.98 Å². The average Bonchev–Trinajstić information content (AvgIpc) is 3.19. The van der Waals surface area contributed by atoms with E-state index in [-0.39, 0.29) is 12.0 Å². The van der Waals surface area contributed by atoms with Crippen molar-refractivity contribution in [3.8, 4) is 0 Å². The lowest BCUT2D eigenvalue weighted by molar-refractivity contribution is -0.113. The summed E-state index contributed by atoms with van der Waals surface area (Å²) in [5, 5.41) is 4.39. The molecule has 1 aromatic carbocycles. The highest BCUT2D eigenvalue weighted by molar-refractivity contribution is 7.99. The van der Waals surface area contributed by atoms with E-state index < -0.39 is 0 Å². The van der Waals surface area contributed by atoms with Crippen molar-refractivity contribution in [1.82, 2.24) is 9.55 Å². The summed E-state index contributed by atoms with van der Waals surface area (Å²) < 4.78 is 7.91. The van der Waals surface area contributed by atoms with Gasteiger partial charge in [-0.15, -0.1) is 0 Å².